The number of piperidine rings is 1. The Kier molecular flexibility index (Phi) is 7.37. The third-order valence-electron chi connectivity index (χ3n) is 5.10. The van der Waals surface area contributed by atoms with E-state index >= 15 is 0 Å². The van der Waals surface area contributed by atoms with Crippen LogP contribution >= 0.6 is 0 Å². The van der Waals surface area contributed by atoms with Gasteiger partial charge < -0.3 is 24.3 Å². The van der Waals surface area contributed by atoms with E-state index in [1.54, 1.807) is 23.1 Å². The van der Waals surface area contributed by atoms with Crippen LogP contribution in [0.15, 0.2) is 42.6 Å². The van der Waals surface area contributed by atoms with Crippen LogP contribution in [-0.2, 0) is 11.3 Å². The monoisotopic (exact) mass is 449 g/mol. The van der Waals surface area contributed by atoms with Gasteiger partial charge in [-0.05, 0) is 63.4 Å². The molecular formula is C23H29F2N3O4. The van der Waals surface area contributed by atoms with Gasteiger partial charge in [0.25, 0.3) is 5.91 Å². The number of amides is 2. The third kappa shape index (κ3) is 6.45. The van der Waals surface area contributed by atoms with Crippen LogP contribution in [0.3, 0.4) is 0 Å². The topological polar surface area (TPSA) is 72.8 Å². The number of hydrogen-bond acceptors (Lipinski definition) is 4. The second-order valence-corrected chi connectivity index (χ2v) is 8.71. The zero-order valence-corrected chi connectivity index (χ0v) is 18.5. The van der Waals surface area contributed by atoms with Crippen LogP contribution in [0.1, 0.15) is 55.7 Å². The third-order valence-corrected chi connectivity index (χ3v) is 5.10. The Balaban J connectivity index is 1.56. The number of carbonyl (C=O) groups excluding carboxylic acids is 2. The van der Waals surface area contributed by atoms with Gasteiger partial charge in [0.05, 0.1) is 0 Å². The summed E-state index contributed by atoms with van der Waals surface area (Å²) >= 11 is 0. The second-order valence-electron chi connectivity index (χ2n) is 8.71. The summed E-state index contributed by atoms with van der Waals surface area (Å²) in [5.41, 5.74) is 0.631. The van der Waals surface area contributed by atoms with Gasteiger partial charge in [-0.2, -0.15) is 8.78 Å². The Labute approximate surface area is 186 Å². The van der Waals surface area contributed by atoms with Crippen LogP contribution in [0.5, 0.6) is 5.75 Å². The molecule has 32 heavy (non-hydrogen) atoms. The summed E-state index contributed by atoms with van der Waals surface area (Å²) < 4.78 is 36.5. The van der Waals surface area contributed by atoms with Crippen molar-refractivity contribution in [2.45, 2.75) is 58.4 Å². The molecule has 174 valence electrons. The normalized spacial score (nSPS) is 15.0. The molecule has 1 aromatic heterocycles. The van der Waals surface area contributed by atoms with Crippen molar-refractivity contribution >= 4 is 12.0 Å². The second kappa shape index (κ2) is 10.0. The number of likely N-dealkylation sites (tertiary alicyclic amines) is 1. The molecule has 1 saturated heterocycles. The molecule has 0 spiro atoms. The number of alkyl halides is 2. The maximum Gasteiger partial charge on any atom is 0.410 e. The van der Waals surface area contributed by atoms with Crippen molar-refractivity contribution in [3.8, 4) is 5.75 Å². The van der Waals surface area contributed by atoms with Crippen LogP contribution in [-0.4, -0.2) is 46.8 Å². The van der Waals surface area contributed by atoms with E-state index in [-0.39, 0.29) is 30.3 Å². The molecule has 2 heterocycles. The first-order chi connectivity index (χ1) is 15.1. The van der Waals surface area contributed by atoms with Crippen LogP contribution in [0.4, 0.5) is 13.6 Å². The zero-order chi connectivity index (χ0) is 23.3. The number of aromatic nitrogens is 1. The number of ether oxygens (including phenoxy) is 2. The molecule has 0 bridgehead atoms. The van der Waals surface area contributed by atoms with Gasteiger partial charge in [0.2, 0.25) is 0 Å². The Morgan fingerprint density at radius 3 is 2.53 bits per heavy atom. The maximum absolute atomic E-state index is 12.8. The summed E-state index contributed by atoms with van der Waals surface area (Å²) in [6.07, 6.45) is 2.96. The van der Waals surface area contributed by atoms with Crippen molar-refractivity contribution in [3.05, 3.63) is 53.9 Å². The molecule has 9 heteroatoms. The molecule has 0 unspecified atom stereocenters. The van der Waals surface area contributed by atoms with Crippen molar-refractivity contribution in [3.63, 3.8) is 0 Å². The smallest absolute Gasteiger partial charge is 0.410 e. The Morgan fingerprint density at radius 1 is 1.16 bits per heavy atom. The van der Waals surface area contributed by atoms with Crippen molar-refractivity contribution in [1.29, 1.82) is 0 Å². The molecule has 2 amide bonds. The van der Waals surface area contributed by atoms with Gasteiger partial charge in [0.15, 0.2) is 0 Å². The summed E-state index contributed by atoms with van der Waals surface area (Å²) in [4.78, 5) is 26.7. The fraction of sp³-hybridized carbons (Fsp3) is 0.478. The number of hydrogen-bond donors (Lipinski definition) is 1. The lowest BCUT2D eigenvalue weighted by molar-refractivity contribution is -0.0499. The molecule has 1 N–H and O–H groups in total. The standard InChI is InChI=1S/C23H29F2N3O4/c1-23(2,3)32-22(30)27-12-9-17(10-13-27)28-11-5-8-19(28)20(29)26-15-16-6-4-7-18(14-16)31-21(24)25/h4-8,11,14,17,21H,9-10,12-13,15H2,1-3H3,(H,26,29). The van der Waals surface area contributed by atoms with E-state index in [0.29, 0.717) is 37.2 Å². The van der Waals surface area contributed by atoms with E-state index < -0.39 is 12.2 Å². The highest BCUT2D eigenvalue weighted by molar-refractivity contribution is 5.92. The first kappa shape index (κ1) is 23.6. The fourth-order valence-corrected chi connectivity index (χ4v) is 3.66. The van der Waals surface area contributed by atoms with Gasteiger partial charge in [-0.15, -0.1) is 0 Å². The van der Waals surface area contributed by atoms with E-state index in [0.717, 1.165) is 0 Å². The highest BCUT2D eigenvalue weighted by atomic mass is 19.3. The zero-order valence-electron chi connectivity index (χ0n) is 18.5. The molecule has 0 saturated carbocycles. The van der Waals surface area contributed by atoms with E-state index in [4.69, 9.17) is 4.74 Å². The molecule has 1 fully saturated rings. The first-order valence-corrected chi connectivity index (χ1v) is 10.6. The van der Waals surface area contributed by atoms with Crippen LogP contribution in [0.2, 0.25) is 0 Å². The molecule has 0 radical (unpaired) electrons. The minimum atomic E-state index is -2.90. The minimum Gasteiger partial charge on any atom is -0.444 e. The van der Waals surface area contributed by atoms with Gasteiger partial charge in [0, 0.05) is 31.9 Å². The highest BCUT2D eigenvalue weighted by Gasteiger charge is 2.28. The predicted octanol–water partition coefficient (Wildman–Crippen LogP) is 4.59. The number of nitrogens with zero attached hydrogens (tertiary/aromatic N) is 2. The Morgan fingerprint density at radius 2 is 1.88 bits per heavy atom. The number of halogens is 2. The molecule has 3 rings (SSSR count). The lowest BCUT2D eigenvalue weighted by atomic mass is 10.0. The van der Waals surface area contributed by atoms with Crippen LogP contribution < -0.4 is 10.1 Å². The van der Waals surface area contributed by atoms with Crippen molar-refractivity contribution in [2.24, 2.45) is 0 Å². The maximum atomic E-state index is 12.8. The summed E-state index contributed by atoms with van der Waals surface area (Å²) in [7, 11) is 0. The SMILES string of the molecule is CC(C)(C)OC(=O)N1CCC(n2cccc2C(=O)NCc2cccc(OC(F)F)c2)CC1. The summed E-state index contributed by atoms with van der Waals surface area (Å²) in [6.45, 7) is 3.90. The Hall–Kier alpha value is -3.10. The average molecular weight is 449 g/mol. The molecule has 7 nitrogen and oxygen atoms in total. The molecule has 0 atom stereocenters. The quantitative estimate of drug-likeness (QED) is 0.700. The highest BCUT2D eigenvalue weighted by Crippen LogP contribution is 2.26. The van der Waals surface area contributed by atoms with Gasteiger partial charge in [0.1, 0.15) is 17.0 Å². The van der Waals surface area contributed by atoms with Gasteiger partial charge in [-0.3, -0.25) is 4.79 Å². The number of rotatable bonds is 6. The summed E-state index contributed by atoms with van der Waals surface area (Å²) in [5.74, 6) is -0.211. The van der Waals surface area contributed by atoms with E-state index in [1.165, 1.54) is 12.1 Å². The number of benzene rings is 1. The molecule has 0 aliphatic carbocycles. The van der Waals surface area contributed by atoms with Crippen molar-refractivity contribution in [1.82, 2.24) is 14.8 Å². The minimum absolute atomic E-state index is 0.0480. The molecular weight excluding hydrogens is 420 g/mol. The van der Waals surface area contributed by atoms with E-state index in [2.05, 4.69) is 10.1 Å². The van der Waals surface area contributed by atoms with Crippen molar-refractivity contribution < 1.29 is 27.8 Å². The predicted molar refractivity (Wildman–Crippen MR) is 115 cm³/mol. The van der Waals surface area contributed by atoms with E-state index in [9.17, 15) is 18.4 Å². The largest absolute Gasteiger partial charge is 0.444 e. The fourth-order valence-electron chi connectivity index (χ4n) is 3.66. The molecule has 1 aliphatic heterocycles. The van der Waals surface area contributed by atoms with Crippen molar-refractivity contribution in [2.75, 3.05) is 13.1 Å². The molecule has 1 aliphatic rings. The van der Waals surface area contributed by atoms with Gasteiger partial charge in [-0.1, -0.05) is 12.1 Å². The average Bonchev–Trinajstić information content (AvgIpc) is 3.21. The van der Waals surface area contributed by atoms with Gasteiger partial charge >= 0.3 is 12.7 Å². The van der Waals surface area contributed by atoms with Gasteiger partial charge in [-0.25, -0.2) is 4.79 Å². The molecule has 1 aromatic carbocycles. The lowest BCUT2D eigenvalue weighted by Crippen LogP contribution is -2.42. The summed E-state index contributed by atoms with van der Waals surface area (Å²) in [6, 6.07) is 9.87. The number of nitrogens with one attached hydrogen (secondary N) is 1. The number of carbonyl (C=O) groups is 2. The lowest BCUT2D eigenvalue weighted by Gasteiger charge is -2.34. The van der Waals surface area contributed by atoms with E-state index in [1.807, 2.05) is 37.6 Å². The van der Waals surface area contributed by atoms with Crippen LogP contribution in [0.25, 0.3) is 0 Å². The molecule has 2 aromatic rings. The Bertz CT molecular complexity index is 931. The first-order valence-electron chi connectivity index (χ1n) is 10.6. The summed E-state index contributed by atoms with van der Waals surface area (Å²) in [5, 5.41) is 2.83. The van der Waals surface area contributed by atoms with Crippen LogP contribution in [0, 0.1) is 0 Å².